The standard InChI is InChI=1S/C29H35NO3/c1-6-20-11-7-8-13-23(20)30-24-15-25(31)28(33)21(27(24)32)16-29(5)19(4)14-18(3)26-17(2)10-9-12-22(26)29/h7-8,11,13,15,18-19,30,32H,2,6,9-10,12,14,16H2,1,3-5H3/t18-,19+,29-/m1/s1. The number of carbonyl (C=O) groups excluding carboxylic acids is 2. The highest BCUT2D eigenvalue weighted by Crippen LogP contribution is 2.56. The maximum atomic E-state index is 13.0. The van der Waals surface area contributed by atoms with E-state index in [1.807, 2.05) is 24.3 Å². The minimum atomic E-state index is -0.592. The Labute approximate surface area is 197 Å². The summed E-state index contributed by atoms with van der Waals surface area (Å²) in [5.74, 6) is -0.504. The van der Waals surface area contributed by atoms with Gasteiger partial charge in [-0.25, -0.2) is 0 Å². The van der Waals surface area contributed by atoms with Gasteiger partial charge in [0.25, 0.3) is 0 Å². The largest absolute Gasteiger partial charge is 0.505 e. The lowest BCUT2D eigenvalue weighted by atomic mass is 9.56. The topological polar surface area (TPSA) is 66.4 Å². The Kier molecular flexibility index (Phi) is 6.22. The van der Waals surface area contributed by atoms with Crippen LogP contribution >= 0.6 is 0 Å². The fourth-order valence-corrected chi connectivity index (χ4v) is 6.09. The van der Waals surface area contributed by atoms with Gasteiger partial charge in [0.15, 0.2) is 0 Å². The van der Waals surface area contributed by atoms with E-state index in [1.54, 1.807) is 0 Å². The molecule has 174 valence electrons. The van der Waals surface area contributed by atoms with Crippen molar-refractivity contribution in [2.75, 3.05) is 5.32 Å². The zero-order valence-electron chi connectivity index (χ0n) is 20.3. The molecule has 4 heteroatoms. The van der Waals surface area contributed by atoms with E-state index in [2.05, 4.69) is 39.6 Å². The van der Waals surface area contributed by atoms with Gasteiger partial charge in [-0.15, -0.1) is 0 Å². The summed E-state index contributed by atoms with van der Waals surface area (Å²) in [6, 6.07) is 7.81. The molecule has 0 bridgehead atoms. The van der Waals surface area contributed by atoms with Crippen molar-refractivity contribution in [3.05, 3.63) is 76.2 Å². The van der Waals surface area contributed by atoms with Crippen molar-refractivity contribution in [1.82, 2.24) is 0 Å². The molecule has 4 nitrogen and oxygen atoms in total. The quantitative estimate of drug-likeness (QED) is 0.395. The molecule has 0 aromatic heterocycles. The average molecular weight is 446 g/mol. The molecule has 0 aliphatic heterocycles. The van der Waals surface area contributed by atoms with Crippen LogP contribution in [0.25, 0.3) is 0 Å². The van der Waals surface area contributed by atoms with E-state index in [0.29, 0.717) is 24.0 Å². The van der Waals surface area contributed by atoms with Crippen LogP contribution in [0.3, 0.4) is 0 Å². The lowest BCUT2D eigenvalue weighted by molar-refractivity contribution is -0.132. The Bertz CT molecular complexity index is 1120. The predicted molar refractivity (Wildman–Crippen MR) is 133 cm³/mol. The fraction of sp³-hybridized carbons (Fsp3) is 0.448. The van der Waals surface area contributed by atoms with Crippen molar-refractivity contribution in [2.45, 2.75) is 66.2 Å². The van der Waals surface area contributed by atoms with Crippen LogP contribution in [-0.4, -0.2) is 16.7 Å². The highest BCUT2D eigenvalue weighted by atomic mass is 16.3. The first-order valence-electron chi connectivity index (χ1n) is 12.2. The maximum Gasteiger partial charge on any atom is 0.232 e. The van der Waals surface area contributed by atoms with Crippen LogP contribution in [0.5, 0.6) is 0 Å². The van der Waals surface area contributed by atoms with Gasteiger partial charge in [-0.1, -0.05) is 63.6 Å². The van der Waals surface area contributed by atoms with E-state index in [-0.39, 0.29) is 16.7 Å². The molecular formula is C29H35NO3. The van der Waals surface area contributed by atoms with Crippen molar-refractivity contribution in [1.29, 1.82) is 0 Å². The smallest absolute Gasteiger partial charge is 0.232 e. The molecule has 0 heterocycles. The van der Waals surface area contributed by atoms with Crippen LogP contribution in [0.15, 0.2) is 70.7 Å². The minimum absolute atomic E-state index is 0.102. The Balaban J connectivity index is 1.75. The average Bonchev–Trinajstić information content (AvgIpc) is 2.79. The fourth-order valence-electron chi connectivity index (χ4n) is 6.09. The van der Waals surface area contributed by atoms with Gasteiger partial charge in [-0.05, 0) is 73.0 Å². The predicted octanol–water partition coefficient (Wildman–Crippen LogP) is 6.62. The number of benzene rings is 1. The second kappa shape index (κ2) is 8.81. The summed E-state index contributed by atoms with van der Waals surface area (Å²) in [6.07, 6.45) is 6.48. The maximum absolute atomic E-state index is 13.0. The zero-order valence-corrected chi connectivity index (χ0v) is 20.3. The SMILES string of the molecule is C=C1CCCC2=C1[C@H](C)C[C@H](C)[C@@]2(C)CC1=C(O)C(Nc2ccccc2CC)=CC(=O)C1=O. The summed E-state index contributed by atoms with van der Waals surface area (Å²) in [6.45, 7) is 13.1. The first kappa shape index (κ1) is 23.3. The van der Waals surface area contributed by atoms with Crippen molar-refractivity contribution in [3.8, 4) is 0 Å². The van der Waals surface area contributed by atoms with E-state index >= 15 is 0 Å². The second-order valence-corrected chi connectivity index (χ2v) is 10.2. The van der Waals surface area contributed by atoms with Crippen LogP contribution in [-0.2, 0) is 16.0 Å². The summed E-state index contributed by atoms with van der Waals surface area (Å²) < 4.78 is 0. The first-order valence-corrected chi connectivity index (χ1v) is 12.2. The molecule has 33 heavy (non-hydrogen) atoms. The van der Waals surface area contributed by atoms with Gasteiger partial charge in [0.1, 0.15) is 5.76 Å². The third kappa shape index (κ3) is 4.01. The number of hydrogen-bond donors (Lipinski definition) is 2. The van der Waals surface area contributed by atoms with E-state index in [0.717, 1.165) is 43.4 Å². The van der Waals surface area contributed by atoms with Crippen LogP contribution in [0.4, 0.5) is 5.69 Å². The molecule has 0 saturated carbocycles. The number of para-hydroxylation sites is 1. The molecule has 1 aromatic carbocycles. The van der Waals surface area contributed by atoms with Gasteiger partial charge in [0.05, 0.1) is 5.70 Å². The molecule has 0 saturated heterocycles. The van der Waals surface area contributed by atoms with Crippen molar-refractivity contribution < 1.29 is 14.7 Å². The molecule has 3 atom stereocenters. The summed E-state index contributed by atoms with van der Waals surface area (Å²) in [5.41, 5.74) is 6.09. The minimum Gasteiger partial charge on any atom is -0.505 e. The number of anilines is 1. The van der Waals surface area contributed by atoms with Gasteiger partial charge >= 0.3 is 0 Å². The highest BCUT2D eigenvalue weighted by Gasteiger charge is 2.46. The zero-order chi connectivity index (χ0) is 23.9. The lowest BCUT2D eigenvalue weighted by Crippen LogP contribution is -2.39. The van der Waals surface area contributed by atoms with Gasteiger partial charge in [-0.3, -0.25) is 9.59 Å². The second-order valence-electron chi connectivity index (χ2n) is 10.2. The molecule has 1 aromatic rings. The normalized spacial score (nSPS) is 28.1. The van der Waals surface area contributed by atoms with Crippen LogP contribution in [0, 0.1) is 17.3 Å². The number of hydrogen-bond acceptors (Lipinski definition) is 4. The molecule has 3 aliphatic rings. The van der Waals surface area contributed by atoms with Crippen LogP contribution < -0.4 is 5.32 Å². The first-order chi connectivity index (χ1) is 15.7. The number of Topliss-reactive ketones (excluding diaryl/α,β-unsaturated/α-hetero) is 1. The highest BCUT2D eigenvalue weighted by molar-refractivity contribution is 6.48. The molecule has 0 amide bonds. The number of aliphatic hydroxyl groups is 1. The van der Waals surface area contributed by atoms with Crippen LogP contribution in [0.1, 0.15) is 65.4 Å². The molecule has 0 unspecified atom stereocenters. The molecule has 0 radical (unpaired) electrons. The monoisotopic (exact) mass is 445 g/mol. The number of ketones is 2. The van der Waals surface area contributed by atoms with E-state index < -0.39 is 11.6 Å². The van der Waals surface area contributed by atoms with E-state index in [4.69, 9.17) is 0 Å². The Morgan fingerprint density at radius 2 is 1.91 bits per heavy atom. The summed E-state index contributed by atoms with van der Waals surface area (Å²) in [5, 5.41) is 14.4. The number of rotatable bonds is 5. The Hall–Kier alpha value is -2.88. The molecule has 4 rings (SSSR count). The summed E-state index contributed by atoms with van der Waals surface area (Å²) >= 11 is 0. The van der Waals surface area contributed by atoms with Crippen molar-refractivity contribution in [3.63, 3.8) is 0 Å². The van der Waals surface area contributed by atoms with Crippen LogP contribution in [0.2, 0.25) is 0 Å². The van der Waals surface area contributed by atoms with Gasteiger partial charge in [0.2, 0.25) is 11.6 Å². The lowest BCUT2D eigenvalue weighted by Gasteiger charge is -2.48. The third-order valence-electron chi connectivity index (χ3n) is 8.11. The molecule has 0 spiro atoms. The Morgan fingerprint density at radius 3 is 2.64 bits per heavy atom. The third-order valence-corrected chi connectivity index (χ3v) is 8.11. The van der Waals surface area contributed by atoms with Crippen molar-refractivity contribution in [2.24, 2.45) is 17.3 Å². The van der Waals surface area contributed by atoms with E-state index in [9.17, 15) is 14.7 Å². The van der Waals surface area contributed by atoms with E-state index in [1.165, 1.54) is 22.8 Å². The van der Waals surface area contributed by atoms with Crippen molar-refractivity contribution >= 4 is 17.3 Å². The molecule has 2 N–H and O–H groups in total. The van der Waals surface area contributed by atoms with Gasteiger partial charge in [0, 0.05) is 17.3 Å². The Morgan fingerprint density at radius 1 is 1.18 bits per heavy atom. The number of aryl methyl sites for hydroxylation is 1. The van der Waals surface area contributed by atoms with Gasteiger partial charge in [-0.2, -0.15) is 0 Å². The number of nitrogens with one attached hydrogen (secondary N) is 1. The molecular weight excluding hydrogens is 410 g/mol. The molecule has 3 aliphatic carbocycles. The number of allylic oxidation sites excluding steroid dienone is 5. The summed E-state index contributed by atoms with van der Waals surface area (Å²) in [4.78, 5) is 25.7. The number of aliphatic hydroxyl groups excluding tert-OH is 1. The summed E-state index contributed by atoms with van der Waals surface area (Å²) in [7, 11) is 0. The molecule has 0 fully saturated rings. The van der Waals surface area contributed by atoms with Gasteiger partial charge < -0.3 is 10.4 Å². The number of carbonyl (C=O) groups is 2.